The minimum absolute atomic E-state index is 0.294. The van der Waals surface area contributed by atoms with Crippen LogP contribution in [-0.2, 0) is 4.79 Å². The van der Waals surface area contributed by atoms with Crippen molar-refractivity contribution >= 4 is 5.91 Å². The van der Waals surface area contributed by atoms with Gasteiger partial charge in [0.25, 0.3) is 5.91 Å². The molecule has 1 atom stereocenters. The first-order valence-corrected chi connectivity index (χ1v) is 3.34. The van der Waals surface area contributed by atoms with Gasteiger partial charge in [-0.2, -0.15) is 0 Å². The normalized spacial score (nSPS) is 32.2. The lowest BCUT2D eigenvalue weighted by Gasteiger charge is -2.17. The molecule has 0 aromatic heterocycles. The van der Waals surface area contributed by atoms with Gasteiger partial charge in [-0.25, -0.2) is 0 Å². The number of hydrogen-bond donors (Lipinski definition) is 3. The Morgan fingerprint density at radius 1 is 1.80 bits per heavy atom. The van der Waals surface area contributed by atoms with Gasteiger partial charge in [0.05, 0.1) is 0 Å². The third-order valence-electron chi connectivity index (χ3n) is 1.78. The van der Waals surface area contributed by atoms with E-state index in [1.807, 2.05) is 0 Å². The maximum Gasteiger partial charge on any atom is 0.253 e. The number of carbonyl (C=O) groups is 1. The smallest absolute Gasteiger partial charge is 0.253 e. The summed E-state index contributed by atoms with van der Waals surface area (Å²) in [5.41, 5.74) is -1.16. The maximum atomic E-state index is 10.9. The molecule has 1 fully saturated rings. The minimum atomic E-state index is -1.16. The Morgan fingerprint density at radius 2 is 2.50 bits per heavy atom. The van der Waals surface area contributed by atoms with Crippen LogP contribution in [0.2, 0.25) is 0 Å². The van der Waals surface area contributed by atoms with Gasteiger partial charge in [-0.05, 0) is 13.0 Å². The fourth-order valence-corrected chi connectivity index (χ4v) is 1.11. The predicted molar refractivity (Wildman–Crippen MR) is 36.5 cm³/mol. The van der Waals surface area contributed by atoms with Gasteiger partial charge in [-0.1, -0.05) is 0 Å². The van der Waals surface area contributed by atoms with Crippen LogP contribution in [0.1, 0.15) is 6.42 Å². The van der Waals surface area contributed by atoms with Gasteiger partial charge in [0, 0.05) is 13.6 Å². The Bertz CT molecular complexity index is 141. The fraction of sp³-hybridized carbons (Fsp3) is 0.833. The van der Waals surface area contributed by atoms with Crippen LogP contribution in [0.3, 0.4) is 0 Å². The Hall–Kier alpha value is -0.610. The van der Waals surface area contributed by atoms with Gasteiger partial charge in [-0.3, -0.25) is 4.79 Å². The summed E-state index contributed by atoms with van der Waals surface area (Å²) in [7, 11) is 1.53. The van der Waals surface area contributed by atoms with Crippen LogP contribution in [-0.4, -0.2) is 36.8 Å². The molecular formula is C6H12N2O2. The van der Waals surface area contributed by atoms with Gasteiger partial charge in [-0.15, -0.1) is 0 Å². The van der Waals surface area contributed by atoms with Crippen LogP contribution in [0.15, 0.2) is 0 Å². The average molecular weight is 144 g/mol. The summed E-state index contributed by atoms with van der Waals surface area (Å²) in [6.07, 6.45) is 0.507. The number of amides is 1. The molecule has 0 aromatic carbocycles. The number of β-amino-alcohol motifs (C(OH)–C–C–N with tert-alkyl or cyclic N) is 1. The van der Waals surface area contributed by atoms with Crippen molar-refractivity contribution in [1.82, 2.24) is 10.6 Å². The van der Waals surface area contributed by atoms with Gasteiger partial charge < -0.3 is 15.7 Å². The Kier molecular flexibility index (Phi) is 1.92. The van der Waals surface area contributed by atoms with Crippen LogP contribution < -0.4 is 10.6 Å². The molecule has 0 radical (unpaired) electrons. The molecule has 1 unspecified atom stereocenters. The minimum Gasteiger partial charge on any atom is -0.379 e. The molecular weight excluding hydrogens is 132 g/mol. The molecule has 1 saturated heterocycles. The highest BCUT2D eigenvalue weighted by Crippen LogP contribution is 2.13. The molecule has 58 valence electrons. The fourth-order valence-electron chi connectivity index (χ4n) is 1.11. The van der Waals surface area contributed by atoms with Gasteiger partial charge in [0.2, 0.25) is 0 Å². The van der Waals surface area contributed by atoms with E-state index in [4.69, 9.17) is 0 Å². The highest BCUT2D eigenvalue weighted by molar-refractivity contribution is 5.85. The first-order valence-electron chi connectivity index (χ1n) is 3.34. The van der Waals surface area contributed by atoms with Crippen molar-refractivity contribution in [3.8, 4) is 0 Å². The first kappa shape index (κ1) is 7.50. The van der Waals surface area contributed by atoms with Crippen molar-refractivity contribution in [1.29, 1.82) is 0 Å². The van der Waals surface area contributed by atoms with Crippen molar-refractivity contribution in [3.63, 3.8) is 0 Å². The molecule has 0 bridgehead atoms. The zero-order chi connectivity index (χ0) is 7.61. The number of nitrogens with one attached hydrogen (secondary N) is 2. The van der Waals surface area contributed by atoms with E-state index in [1.165, 1.54) is 7.05 Å². The second kappa shape index (κ2) is 2.56. The lowest BCUT2D eigenvalue weighted by atomic mass is 10.0. The van der Waals surface area contributed by atoms with Crippen molar-refractivity contribution in [2.24, 2.45) is 0 Å². The molecule has 0 aliphatic carbocycles. The summed E-state index contributed by atoms with van der Waals surface area (Å²) in [4.78, 5) is 10.9. The summed E-state index contributed by atoms with van der Waals surface area (Å²) < 4.78 is 0. The van der Waals surface area contributed by atoms with Gasteiger partial charge in [0.1, 0.15) is 0 Å². The second-order valence-corrected chi connectivity index (χ2v) is 2.54. The second-order valence-electron chi connectivity index (χ2n) is 2.54. The third-order valence-corrected chi connectivity index (χ3v) is 1.78. The summed E-state index contributed by atoms with van der Waals surface area (Å²) in [6.45, 7) is 1.08. The van der Waals surface area contributed by atoms with E-state index in [1.54, 1.807) is 0 Å². The van der Waals surface area contributed by atoms with E-state index >= 15 is 0 Å². The van der Waals surface area contributed by atoms with E-state index in [0.29, 0.717) is 19.5 Å². The SMILES string of the molecule is CNC(=O)C1(O)CCNC1. The summed E-state index contributed by atoms with van der Waals surface area (Å²) >= 11 is 0. The molecule has 1 aliphatic heterocycles. The molecule has 0 saturated carbocycles. The topological polar surface area (TPSA) is 61.4 Å². The van der Waals surface area contributed by atoms with E-state index in [9.17, 15) is 9.90 Å². The molecule has 1 aliphatic rings. The van der Waals surface area contributed by atoms with E-state index in [0.717, 1.165) is 0 Å². The monoisotopic (exact) mass is 144 g/mol. The molecule has 1 heterocycles. The van der Waals surface area contributed by atoms with Crippen LogP contribution in [0.5, 0.6) is 0 Å². The number of hydrogen-bond acceptors (Lipinski definition) is 3. The highest BCUT2D eigenvalue weighted by Gasteiger charge is 2.37. The molecule has 4 nitrogen and oxygen atoms in total. The Morgan fingerprint density at radius 3 is 2.90 bits per heavy atom. The van der Waals surface area contributed by atoms with E-state index < -0.39 is 5.60 Å². The molecule has 4 heteroatoms. The van der Waals surface area contributed by atoms with Crippen LogP contribution in [0.4, 0.5) is 0 Å². The van der Waals surface area contributed by atoms with Gasteiger partial charge in [0.15, 0.2) is 5.60 Å². The highest BCUT2D eigenvalue weighted by atomic mass is 16.3. The number of rotatable bonds is 1. The summed E-state index contributed by atoms with van der Waals surface area (Å²) in [5.74, 6) is -0.294. The molecule has 3 N–H and O–H groups in total. The summed E-state index contributed by atoms with van der Waals surface area (Å²) in [6, 6.07) is 0. The van der Waals surface area contributed by atoms with Crippen LogP contribution >= 0.6 is 0 Å². The lowest BCUT2D eigenvalue weighted by molar-refractivity contribution is -0.137. The number of carbonyl (C=O) groups excluding carboxylic acids is 1. The zero-order valence-corrected chi connectivity index (χ0v) is 5.98. The van der Waals surface area contributed by atoms with Crippen molar-refractivity contribution in [3.05, 3.63) is 0 Å². The number of aliphatic hydroxyl groups is 1. The predicted octanol–water partition coefficient (Wildman–Crippen LogP) is -1.54. The zero-order valence-electron chi connectivity index (χ0n) is 5.98. The Balaban J connectivity index is 2.58. The standard InChI is InChI=1S/C6H12N2O2/c1-7-5(9)6(10)2-3-8-4-6/h8,10H,2-4H2,1H3,(H,7,9). The van der Waals surface area contributed by atoms with Crippen LogP contribution in [0, 0.1) is 0 Å². The third kappa shape index (κ3) is 1.12. The Labute approximate surface area is 59.6 Å². The quantitative estimate of drug-likeness (QED) is 0.418. The van der Waals surface area contributed by atoms with Crippen LogP contribution in [0.25, 0.3) is 0 Å². The molecule has 0 spiro atoms. The molecule has 0 aromatic rings. The van der Waals surface area contributed by atoms with Crippen molar-refractivity contribution in [2.75, 3.05) is 20.1 Å². The van der Waals surface area contributed by atoms with Gasteiger partial charge >= 0.3 is 0 Å². The number of likely N-dealkylation sites (N-methyl/N-ethyl adjacent to an activating group) is 1. The summed E-state index contributed by atoms with van der Waals surface area (Å²) in [5, 5.41) is 14.8. The largest absolute Gasteiger partial charge is 0.379 e. The lowest BCUT2D eigenvalue weighted by Crippen LogP contribution is -2.46. The van der Waals surface area contributed by atoms with E-state index in [-0.39, 0.29) is 5.91 Å². The molecule has 1 rings (SSSR count). The first-order chi connectivity index (χ1) is 4.69. The molecule has 1 amide bonds. The molecule has 10 heavy (non-hydrogen) atoms. The van der Waals surface area contributed by atoms with Crippen molar-refractivity contribution in [2.45, 2.75) is 12.0 Å². The van der Waals surface area contributed by atoms with E-state index in [2.05, 4.69) is 10.6 Å². The maximum absolute atomic E-state index is 10.9. The average Bonchev–Trinajstić information content (AvgIpc) is 2.36. The van der Waals surface area contributed by atoms with Crippen molar-refractivity contribution < 1.29 is 9.90 Å².